The Balaban J connectivity index is 1.97. The molecule has 0 aliphatic carbocycles. The van der Waals surface area contributed by atoms with Crippen LogP contribution >= 0.6 is 0 Å². The number of sulfonamides is 1. The Labute approximate surface area is 132 Å². The fourth-order valence-corrected chi connectivity index (χ4v) is 3.45. The Morgan fingerprint density at radius 1 is 1.13 bits per heavy atom. The predicted octanol–water partition coefficient (Wildman–Crippen LogP) is 3.49. The van der Waals surface area contributed by atoms with Crippen molar-refractivity contribution in [3.63, 3.8) is 0 Å². The molecule has 0 bridgehead atoms. The van der Waals surface area contributed by atoms with Crippen LogP contribution in [-0.2, 0) is 10.0 Å². The van der Waals surface area contributed by atoms with Gasteiger partial charge in [0, 0.05) is 12.1 Å². The van der Waals surface area contributed by atoms with Crippen molar-refractivity contribution in [2.45, 2.75) is 18.7 Å². The number of halogens is 1. The zero-order valence-electron chi connectivity index (χ0n) is 12.3. The monoisotopic (exact) mass is 336 g/mol. The SMILES string of the molecule is Cc1cc(F)ccc1NS(=O)(=O)c1cc(-c2ccno2)oc1C. The van der Waals surface area contributed by atoms with Gasteiger partial charge >= 0.3 is 0 Å². The number of benzene rings is 1. The van der Waals surface area contributed by atoms with Crippen molar-refractivity contribution in [3.05, 3.63) is 53.7 Å². The van der Waals surface area contributed by atoms with Crippen LogP contribution in [0.4, 0.5) is 10.1 Å². The second-order valence-corrected chi connectivity index (χ2v) is 6.62. The summed E-state index contributed by atoms with van der Waals surface area (Å²) in [5.74, 6) is 0.366. The van der Waals surface area contributed by atoms with Crippen LogP contribution in [0.2, 0.25) is 0 Å². The molecule has 0 saturated heterocycles. The molecule has 0 spiro atoms. The zero-order valence-corrected chi connectivity index (χ0v) is 13.1. The normalized spacial score (nSPS) is 11.6. The topological polar surface area (TPSA) is 85.3 Å². The Morgan fingerprint density at radius 2 is 1.91 bits per heavy atom. The Hall–Kier alpha value is -2.61. The molecule has 0 atom stereocenters. The van der Waals surface area contributed by atoms with Gasteiger partial charge in [-0.25, -0.2) is 12.8 Å². The summed E-state index contributed by atoms with van der Waals surface area (Å²) in [5.41, 5.74) is 0.776. The second-order valence-electron chi connectivity index (χ2n) is 4.97. The number of nitrogens with one attached hydrogen (secondary N) is 1. The summed E-state index contributed by atoms with van der Waals surface area (Å²) in [4.78, 5) is -0.0207. The molecule has 1 aromatic carbocycles. The molecule has 0 aliphatic rings. The van der Waals surface area contributed by atoms with E-state index in [0.717, 1.165) is 0 Å². The summed E-state index contributed by atoms with van der Waals surface area (Å²) in [5, 5.41) is 3.55. The van der Waals surface area contributed by atoms with Crippen molar-refractivity contribution in [3.8, 4) is 11.5 Å². The van der Waals surface area contributed by atoms with Crippen LogP contribution < -0.4 is 4.72 Å². The van der Waals surface area contributed by atoms with Gasteiger partial charge in [-0.3, -0.25) is 4.72 Å². The summed E-state index contributed by atoms with van der Waals surface area (Å²) in [7, 11) is -3.88. The molecule has 1 N–H and O–H groups in total. The van der Waals surface area contributed by atoms with Gasteiger partial charge in [0.1, 0.15) is 16.5 Å². The first-order chi connectivity index (χ1) is 10.9. The fourth-order valence-electron chi connectivity index (χ4n) is 2.14. The van der Waals surface area contributed by atoms with Gasteiger partial charge in [0.2, 0.25) is 5.76 Å². The molecule has 0 unspecified atom stereocenters. The average Bonchev–Trinajstić information content (AvgIpc) is 3.11. The Kier molecular flexibility index (Phi) is 3.69. The number of furan rings is 1. The van der Waals surface area contributed by atoms with E-state index in [1.54, 1.807) is 13.0 Å². The van der Waals surface area contributed by atoms with E-state index in [-0.39, 0.29) is 16.4 Å². The molecule has 8 heteroatoms. The fraction of sp³-hybridized carbons (Fsp3) is 0.133. The molecule has 23 heavy (non-hydrogen) atoms. The molecule has 3 rings (SSSR count). The highest BCUT2D eigenvalue weighted by molar-refractivity contribution is 7.92. The lowest BCUT2D eigenvalue weighted by Crippen LogP contribution is -2.14. The number of rotatable bonds is 4. The van der Waals surface area contributed by atoms with Crippen molar-refractivity contribution in [2.24, 2.45) is 0 Å². The van der Waals surface area contributed by atoms with Crippen LogP contribution in [0.5, 0.6) is 0 Å². The van der Waals surface area contributed by atoms with E-state index < -0.39 is 15.8 Å². The highest BCUT2D eigenvalue weighted by atomic mass is 32.2. The van der Waals surface area contributed by atoms with E-state index in [2.05, 4.69) is 9.88 Å². The van der Waals surface area contributed by atoms with Crippen molar-refractivity contribution in [2.75, 3.05) is 4.72 Å². The molecular weight excluding hydrogens is 323 g/mol. The zero-order chi connectivity index (χ0) is 16.6. The number of anilines is 1. The number of hydrogen-bond donors (Lipinski definition) is 1. The first-order valence-electron chi connectivity index (χ1n) is 6.67. The first-order valence-corrected chi connectivity index (χ1v) is 8.15. The predicted molar refractivity (Wildman–Crippen MR) is 80.9 cm³/mol. The lowest BCUT2D eigenvalue weighted by molar-refractivity contribution is 0.414. The van der Waals surface area contributed by atoms with Crippen molar-refractivity contribution >= 4 is 15.7 Å². The van der Waals surface area contributed by atoms with E-state index in [1.807, 2.05) is 0 Å². The number of aromatic nitrogens is 1. The van der Waals surface area contributed by atoms with E-state index >= 15 is 0 Å². The van der Waals surface area contributed by atoms with E-state index in [1.165, 1.54) is 37.4 Å². The molecule has 6 nitrogen and oxygen atoms in total. The van der Waals surface area contributed by atoms with Gasteiger partial charge in [-0.15, -0.1) is 0 Å². The van der Waals surface area contributed by atoms with Crippen LogP contribution in [-0.4, -0.2) is 13.6 Å². The van der Waals surface area contributed by atoms with Gasteiger partial charge in [-0.05, 0) is 37.6 Å². The first kappa shape index (κ1) is 15.3. The molecule has 120 valence electrons. The van der Waals surface area contributed by atoms with Gasteiger partial charge in [0.05, 0.1) is 11.9 Å². The van der Waals surface area contributed by atoms with Gasteiger partial charge < -0.3 is 8.94 Å². The van der Waals surface area contributed by atoms with Gasteiger partial charge in [0.25, 0.3) is 10.0 Å². The smallest absolute Gasteiger partial charge is 0.265 e. The Morgan fingerprint density at radius 3 is 2.57 bits per heavy atom. The average molecular weight is 336 g/mol. The maximum Gasteiger partial charge on any atom is 0.265 e. The van der Waals surface area contributed by atoms with E-state index in [4.69, 9.17) is 8.94 Å². The van der Waals surface area contributed by atoms with Gasteiger partial charge in [-0.2, -0.15) is 0 Å². The maximum atomic E-state index is 13.1. The quantitative estimate of drug-likeness (QED) is 0.788. The van der Waals surface area contributed by atoms with Crippen molar-refractivity contribution < 1.29 is 21.7 Å². The third-order valence-electron chi connectivity index (χ3n) is 3.28. The molecule has 0 aliphatic heterocycles. The van der Waals surface area contributed by atoms with E-state index in [9.17, 15) is 12.8 Å². The third-order valence-corrected chi connectivity index (χ3v) is 4.75. The van der Waals surface area contributed by atoms with Gasteiger partial charge in [0.15, 0.2) is 5.76 Å². The number of nitrogens with zero attached hydrogens (tertiary/aromatic N) is 1. The summed E-state index contributed by atoms with van der Waals surface area (Å²) < 4.78 is 51.0. The van der Waals surface area contributed by atoms with Crippen LogP contribution in [0.1, 0.15) is 11.3 Å². The molecule has 0 radical (unpaired) electrons. The standard InChI is InChI=1S/C15H13FN2O4S/c1-9-7-11(16)3-4-12(9)18-23(19,20)15-8-14(21-10(15)2)13-5-6-17-22-13/h3-8,18H,1-2H3. The molecule has 3 aromatic rings. The molecule has 2 aromatic heterocycles. The molecule has 0 amide bonds. The number of hydrogen-bond acceptors (Lipinski definition) is 5. The molecular formula is C15H13FN2O4S. The molecule has 0 fully saturated rings. The van der Waals surface area contributed by atoms with Crippen molar-refractivity contribution in [1.82, 2.24) is 5.16 Å². The minimum Gasteiger partial charge on any atom is -0.456 e. The maximum absolute atomic E-state index is 13.1. The third kappa shape index (κ3) is 2.98. The number of aryl methyl sites for hydroxylation is 2. The van der Waals surface area contributed by atoms with Crippen LogP contribution in [0.15, 0.2) is 50.4 Å². The Bertz CT molecular complexity index is 946. The largest absolute Gasteiger partial charge is 0.456 e. The summed E-state index contributed by atoms with van der Waals surface area (Å²) in [6, 6.07) is 6.73. The summed E-state index contributed by atoms with van der Waals surface area (Å²) in [6.45, 7) is 3.15. The highest BCUT2D eigenvalue weighted by Gasteiger charge is 2.23. The van der Waals surface area contributed by atoms with Crippen LogP contribution in [0.3, 0.4) is 0 Å². The second kappa shape index (κ2) is 5.54. The summed E-state index contributed by atoms with van der Waals surface area (Å²) in [6.07, 6.45) is 1.43. The van der Waals surface area contributed by atoms with Gasteiger partial charge in [-0.1, -0.05) is 5.16 Å². The van der Waals surface area contributed by atoms with Crippen LogP contribution in [0, 0.1) is 19.7 Å². The molecule has 0 saturated carbocycles. The lowest BCUT2D eigenvalue weighted by atomic mass is 10.2. The molecule has 2 heterocycles. The van der Waals surface area contributed by atoms with E-state index in [0.29, 0.717) is 17.0 Å². The minimum absolute atomic E-state index is 0.0207. The van der Waals surface area contributed by atoms with Crippen molar-refractivity contribution in [1.29, 1.82) is 0 Å². The lowest BCUT2D eigenvalue weighted by Gasteiger charge is -2.09. The highest BCUT2D eigenvalue weighted by Crippen LogP contribution is 2.29. The van der Waals surface area contributed by atoms with Crippen LogP contribution in [0.25, 0.3) is 11.5 Å². The summed E-state index contributed by atoms with van der Waals surface area (Å²) >= 11 is 0. The minimum atomic E-state index is -3.88.